The van der Waals surface area contributed by atoms with Gasteiger partial charge in [0.05, 0.1) is 23.3 Å². The average molecular weight is 272 g/mol. The van der Waals surface area contributed by atoms with E-state index in [-0.39, 0.29) is 23.7 Å². The molecular weight excluding hydrogens is 256 g/mol. The molecule has 1 fully saturated rings. The van der Waals surface area contributed by atoms with E-state index in [1.165, 1.54) is 29.6 Å². The molecule has 1 aromatic rings. The Morgan fingerprint density at radius 2 is 2.06 bits per heavy atom. The van der Waals surface area contributed by atoms with E-state index in [1.807, 2.05) is 0 Å². The molecular formula is C11H16N2O4S. The van der Waals surface area contributed by atoms with Crippen LogP contribution in [0.15, 0.2) is 23.1 Å². The highest BCUT2D eigenvalue weighted by atomic mass is 32.2. The number of nitrogen functional groups attached to an aromatic ring is 1. The van der Waals surface area contributed by atoms with E-state index in [4.69, 9.17) is 10.5 Å². The molecule has 3 N–H and O–H groups in total. The first kappa shape index (κ1) is 13.1. The highest BCUT2D eigenvalue weighted by Crippen LogP contribution is 2.30. The van der Waals surface area contributed by atoms with Crippen molar-refractivity contribution >= 4 is 15.7 Å². The van der Waals surface area contributed by atoms with E-state index in [0.29, 0.717) is 5.75 Å². The van der Waals surface area contributed by atoms with Crippen LogP contribution in [0.2, 0.25) is 0 Å². The third-order valence-electron chi connectivity index (χ3n) is 2.87. The van der Waals surface area contributed by atoms with E-state index in [9.17, 15) is 13.5 Å². The quantitative estimate of drug-likeness (QED) is 0.757. The van der Waals surface area contributed by atoms with Crippen molar-refractivity contribution < 1.29 is 18.3 Å². The van der Waals surface area contributed by atoms with E-state index in [0.717, 1.165) is 0 Å². The number of β-amino-alcohol motifs (C(OH)–C–C–N with tert-alkyl or cyclic N) is 1. The van der Waals surface area contributed by atoms with Gasteiger partial charge in [0.25, 0.3) is 0 Å². The number of nitrogens with zero attached hydrogens (tertiary/aromatic N) is 1. The summed E-state index contributed by atoms with van der Waals surface area (Å²) in [6.07, 6.45) is 0. The van der Waals surface area contributed by atoms with Crippen molar-refractivity contribution in [1.82, 2.24) is 4.31 Å². The molecule has 18 heavy (non-hydrogen) atoms. The summed E-state index contributed by atoms with van der Waals surface area (Å²) in [5.41, 5.74) is 5.01. The molecule has 100 valence electrons. The van der Waals surface area contributed by atoms with E-state index < -0.39 is 15.6 Å². The number of aliphatic hydroxyl groups is 1. The van der Waals surface area contributed by atoms with Crippen LogP contribution in [0.25, 0.3) is 0 Å². The largest absolute Gasteiger partial charge is 0.495 e. The second kappa shape index (κ2) is 4.11. The molecule has 0 unspecified atom stereocenters. The number of ether oxygens (including phenoxy) is 1. The summed E-state index contributed by atoms with van der Waals surface area (Å²) < 4.78 is 30.5. The van der Waals surface area contributed by atoms with Gasteiger partial charge in [-0.25, -0.2) is 8.42 Å². The van der Waals surface area contributed by atoms with Crippen molar-refractivity contribution in [3.8, 4) is 5.75 Å². The minimum Gasteiger partial charge on any atom is -0.495 e. The van der Waals surface area contributed by atoms with Crippen molar-refractivity contribution in [2.75, 3.05) is 25.9 Å². The minimum atomic E-state index is -3.58. The predicted octanol–water partition coefficient (Wildman–Crippen LogP) is 0.0327. The molecule has 0 amide bonds. The molecule has 6 nitrogen and oxygen atoms in total. The van der Waals surface area contributed by atoms with Crippen LogP contribution in [-0.2, 0) is 10.0 Å². The van der Waals surface area contributed by atoms with Gasteiger partial charge in [0.15, 0.2) is 0 Å². The van der Waals surface area contributed by atoms with Crippen molar-refractivity contribution in [2.24, 2.45) is 0 Å². The summed E-state index contributed by atoms with van der Waals surface area (Å²) in [4.78, 5) is 0.108. The number of rotatable bonds is 3. The van der Waals surface area contributed by atoms with Gasteiger partial charge in [0.1, 0.15) is 5.75 Å². The van der Waals surface area contributed by atoms with Crippen LogP contribution in [0.4, 0.5) is 5.69 Å². The Morgan fingerprint density at radius 1 is 1.44 bits per heavy atom. The molecule has 0 bridgehead atoms. The van der Waals surface area contributed by atoms with E-state index >= 15 is 0 Å². The normalized spacial score (nSPS) is 19.3. The number of nitrogens with two attached hydrogens (primary N) is 1. The van der Waals surface area contributed by atoms with Crippen LogP contribution in [0, 0.1) is 0 Å². The van der Waals surface area contributed by atoms with Gasteiger partial charge in [-0.1, -0.05) is 0 Å². The van der Waals surface area contributed by atoms with Gasteiger partial charge in [-0.15, -0.1) is 0 Å². The molecule has 0 atom stereocenters. The average Bonchev–Trinajstić information content (AvgIpc) is 2.25. The lowest BCUT2D eigenvalue weighted by Gasteiger charge is -2.42. The Morgan fingerprint density at radius 3 is 2.50 bits per heavy atom. The fourth-order valence-electron chi connectivity index (χ4n) is 1.91. The fourth-order valence-corrected chi connectivity index (χ4v) is 3.62. The molecule has 0 aromatic heterocycles. The Hall–Kier alpha value is -1.31. The lowest BCUT2D eigenvalue weighted by atomic mass is 10.0. The smallest absolute Gasteiger partial charge is 0.243 e. The molecule has 0 aliphatic carbocycles. The second-order valence-corrected chi connectivity index (χ2v) is 6.61. The lowest BCUT2D eigenvalue weighted by Crippen LogP contribution is -2.61. The van der Waals surface area contributed by atoms with Crippen LogP contribution in [-0.4, -0.2) is 43.6 Å². The molecule has 1 heterocycles. The number of anilines is 1. The molecule has 1 aliphatic rings. The van der Waals surface area contributed by atoms with Crippen LogP contribution in [0.3, 0.4) is 0 Å². The van der Waals surface area contributed by atoms with Gasteiger partial charge >= 0.3 is 0 Å². The fraction of sp³-hybridized carbons (Fsp3) is 0.455. The number of hydrogen-bond acceptors (Lipinski definition) is 5. The lowest BCUT2D eigenvalue weighted by molar-refractivity contribution is -0.0426. The zero-order valence-corrected chi connectivity index (χ0v) is 11.1. The Bertz CT molecular complexity index is 560. The highest BCUT2D eigenvalue weighted by Gasteiger charge is 2.43. The predicted molar refractivity (Wildman–Crippen MR) is 66.8 cm³/mol. The highest BCUT2D eigenvalue weighted by molar-refractivity contribution is 7.89. The van der Waals surface area contributed by atoms with Gasteiger partial charge in [-0.2, -0.15) is 4.31 Å². The number of hydrogen-bond donors (Lipinski definition) is 2. The van der Waals surface area contributed by atoms with Gasteiger partial charge in [0, 0.05) is 13.1 Å². The van der Waals surface area contributed by atoms with Crippen molar-refractivity contribution in [3.63, 3.8) is 0 Å². The monoisotopic (exact) mass is 272 g/mol. The Labute approximate surface area is 106 Å². The maximum atomic E-state index is 12.2. The summed E-state index contributed by atoms with van der Waals surface area (Å²) in [5, 5.41) is 9.58. The van der Waals surface area contributed by atoms with Gasteiger partial charge in [0.2, 0.25) is 10.0 Å². The molecule has 7 heteroatoms. The number of methoxy groups -OCH3 is 1. The molecule has 1 aliphatic heterocycles. The summed E-state index contributed by atoms with van der Waals surface area (Å²) in [6.45, 7) is 1.80. The maximum Gasteiger partial charge on any atom is 0.243 e. The summed E-state index contributed by atoms with van der Waals surface area (Å²) in [6, 6.07) is 4.32. The third-order valence-corrected chi connectivity index (χ3v) is 4.66. The SMILES string of the molecule is COc1ccc(S(=O)(=O)N2CC(C)(O)C2)cc1N. The minimum absolute atomic E-state index is 0.0985. The molecule has 2 rings (SSSR count). The first-order valence-electron chi connectivity index (χ1n) is 5.42. The first-order valence-corrected chi connectivity index (χ1v) is 6.86. The molecule has 1 saturated heterocycles. The number of benzene rings is 1. The van der Waals surface area contributed by atoms with Crippen molar-refractivity contribution in [1.29, 1.82) is 0 Å². The maximum absolute atomic E-state index is 12.2. The Balaban J connectivity index is 2.29. The molecule has 0 radical (unpaired) electrons. The third kappa shape index (κ3) is 2.16. The first-order chi connectivity index (χ1) is 8.26. The van der Waals surface area contributed by atoms with E-state index in [1.54, 1.807) is 6.92 Å². The summed E-state index contributed by atoms with van der Waals surface area (Å²) in [5.74, 6) is 0.435. The van der Waals surface area contributed by atoms with Crippen LogP contribution >= 0.6 is 0 Å². The zero-order valence-electron chi connectivity index (χ0n) is 10.3. The van der Waals surface area contributed by atoms with Gasteiger partial charge in [-0.05, 0) is 25.1 Å². The van der Waals surface area contributed by atoms with Crippen molar-refractivity contribution in [2.45, 2.75) is 17.4 Å². The summed E-state index contributed by atoms with van der Waals surface area (Å²) in [7, 11) is -2.12. The Kier molecular flexibility index (Phi) is 3.00. The zero-order chi connectivity index (χ0) is 13.6. The van der Waals surface area contributed by atoms with Gasteiger partial charge < -0.3 is 15.6 Å². The van der Waals surface area contributed by atoms with E-state index in [2.05, 4.69) is 0 Å². The molecule has 0 saturated carbocycles. The second-order valence-electron chi connectivity index (χ2n) is 4.67. The van der Waals surface area contributed by atoms with Crippen LogP contribution < -0.4 is 10.5 Å². The standard InChI is InChI=1S/C11H16N2O4S/c1-11(14)6-13(7-11)18(15,16)8-3-4-10(17-2)9(12)5-8/h3-5,14H,6-7,12H2,1-2H3. The van der Waals surface area contributed by atoms with Gasteiger partial charge in [-0.3, -0.25) is 0 Å². The van der Waals surface area contributed by atoms with Crippen LogP contribution in [0.1, 0.15) is 6.92 Å². The molecule has 0 spiro atoms. The van der Waals surface area contributed by atoms with Crippen molar-refractivity contribution in [3.05, 3.63) is 18.2 Å². The number of sulfonamides is 1. The topological polar surface area (TPSA) is 92.9 Å². The molecule has 1 aromatic carbocycles. The van der Waals surface area contributed by atoms with Crippen LogP contribution in [0.5, 0.6) is 5.75 Å². The summed E-state index contributed by atoms with van der Waals surface area (Å²) >= 11 is 0.